The van der Waals surface area contributed by atoms with Gasteiger partial charge in [-0.1, -0.05) is 0 Å². The summed E-state index contributed by atoms with van der Waals surface area (Å²) in [5, 5.41) is 17.2. The van der Waals surface area contributed by atoms with Gasteiger partial charge in [0.2, 0.25) is 5.91 Å². The zero-order chi connectivity index (χ0) is 21.5. The topological polar surface area (TPSA) is 99.3 Å². The van der Waals surface area contributed by atoms with E-state index < -0.39 is 28.7 Å². The van der Waals surface area contributed by atoms with Crippen molar-refractivity contribution in [3.05, 3.63) is 44.2 Å². The Morgan fingerprint density at radius 1 is 1.41 bits per heavy atom. The van der Waals surface area contributed by atoms with Gasteiger partial charge in [-0.05, 0) is 35.7 Å². The summed E-state index contributed by atoms with van der Waals surface area (Å²) in [7, 11) is 1.31. The Hall–Kier alpha value is -2.63. The van der Waals surface area contributed by atoms with Crippen LogP contribution in [0.15, 0.2) is 22.7 Å². The number of nitro groups is 1. The molecule has 2 aromatic rings. The molecule has 1 aromatic heterocycles. The molecule has 1 atom stereocenters. The van der Waals surface area contributed by atoms with Gasteiger partial charge in [0, 0.05) is 18.1 Å². The van der Waals surface area contributed by atoms with E-state index in [0.717, 1.165) is 10.7 Å². The number of amides is 1. The van der Waals surface area contributed by atoms with Gasteiger partial charge >= 0.3 is 6.18 Å². The van der Waals surface area contributed by atoms with Gasteiger partial charge in [0.25, 0.3) is 5.69 Å². The molecule has 1 aromatic carbocycles. The molecule has 1 fully saturated rings. The fraction of sp³-hybridized carbons (Fsp3) is 0.412. The van der Waals surface area contributed by atoms with Gasteiger partial charge in [-0.2, -0.15) is 18.3 Å². The van der Waals surface area contributed by atoms with E-state index in [1.165, 1.54) is 26.2 Å². The summed E-state index contributed by atoms with van der Waals surface area (Å²) in [4.78, 5) is 23.1. The van der Waals surface area contributed by atoms with Crippen LogP contribution in [0.25, 0.3) is 0 Å². The second kappa shape index (κ2) is 7.65. The number of nitrogens with one attached hydrogen (secondary N) is 1. The molecule has 156 valence electrons. The van der Waals surface area contributed by atoms with Crippen molar-refractivity contribution in [2.24, 2.45) is 0 Å². The van der Waals surface area contributed by atoms with Crippen molar-refractivity contribution in [2.75, 3.05) is 12.4 Å². The number of carbonyl (C=O) groups excluding carboxylic acids is 1. The largest absolute Gasteiger partial charge is 0.496 e. The summed E-state index contributed by atoms with van der Waals surface area (Å²) < 4.78 is 45.7. The Balaban J connectivity index is 1.92. The second-order valence-corrected chi connectivity index (χ2v) is 7.40. The van der Waals surface area contributed by atoms with Crippen molar-refractivity contribution in [1.29, 1.82) is 0 Å². The Morgan fingerprint density at radius 2 is 2.07 bits per heavy atom. The first-order chi connectivity index (χ1) is 13.5. The molecule has 1 heterocycles. The van der Waals surface area contributed by atoms with Crippen LogP contribution < -0.4 is 10.1 Å². The van der Waals surface area contributed by atoms with Crippen LogP contribution in [-0.4, -0.2) is 27.7 Å². The molecular formula is C17H16BrF3N4O4. The molecule has 0 saturated heterocycles. The molecule has 1 amide bonds. The van der Waals surface area contributed by atoms with Crippen molar-refractivity contribution in [2.45, 2.75) is 37.9 Å². The number of alkyl halides is 3. The highest BCUT2D eigenvalue weighted by atomic mass is 79.9. The Labute approximate surface area is 171 Å². The minimum Gasteiger partial charge on any atom is -0.496 e. The molecule has 1 N–H and O–H groups in total. The lowest BCUT2D eigenvalue weighted by atomic mass is 10.2. The summed E-state index contributed by atoms with van der Waals surface area (Å²) in [5.41, 5.74) is -0.983. The van der Waals surface area contributed by atoms with Gasteiger partial charge in [0.05, 0.1) is 34.0 Å². The molecule has 3 rings (SSSR count). The normalized spacial score (nSPS) is 15.1. The predicted molar refractivity (Wildman–Crippen MR) is 99.9 cm³/mol. The van der Waals surface area contributed by atoms with Gasteiger partial charge < -0.3 is 10.1 Å². The minimum absolute atomic E-state index is 0.0862. The molecule has 12 heteroatoms. The molecule has 0 spiro atoms. The van der Waals surface area contributed by atoms with Gasteiger partial charge in [0.15, 0.2) is 5.69 Å². The fourth-order valence-corrected chi connectivity index (χ4v) is 3.67. The van der Waals surface area contributed by atoms with E-state index in [0.29, 0.717) is 18.5 Å². The van der Waals surface area contributed by atoms with Crippen LogP contribution in [0.4, 0.5) is 24.5 Å². The van der Waals surface area contributed by atoms with E-state index in [2.05, 4.69) is 26.3 Å². The van der Waals surface area contributed by atoms with Crippen molar-refractivity contribution < 1.29 is 27.6 Å². The summed E-state index contributed by atoms with van der Waals surface area (Å²) >= 11 is 2.98. The summed E-state index contributed by atoms with van der Waals surface area (Å²) in [5.74, 6) is -0.624. The number of hydrogen-bond acceptors (Lipinski definition) is 5. The van der Waals surface area contributed by atoms with E-state index in [-0.39, 0.29) is 27.5 Å². The number of rotatable bonds is 6. The summed E-state index contributed by atoms with van der Waals surface area (Å²) in [6.45, 7) is 1.41. The molecule has 1 unspecified atom stereocenters. The van der Waals surface area contributed by atoms with Gasteiger partial charge in [-0.15, -0.1) is 0 Å². The third-order valence-electron chi connectivity index (χ3n) is 4.47. The quantitative estimate of drug-likeness (QED) is 0.482. The van der Waals surface area contributed by atoms with Crippen molar-refractivity contribution in [3.8, 4) is 5.75 Å². The molecule has 8 nitrogen and oxygen atoms in total. The Morgan fingerprint density at radius 3 is 2.59 bits per heavy atom. The lowest BCUT2D eigenvalue weighted by Crippen LogP contribution is -2.26. The average Bonchev–Trinajstić information content (AvgIpc) is 3.41. The maximum atomic E-state index is 13.3. The van der Waals surface area contributed by atoms with Crippen molar-refractivity contribution in [3.63, 3.8) is 0 Å². The maximum Gasteiger partial charge on any atom is 0.436 e. The highest BCUT2D eigenvalue weighted by molar-refractivity contribution is 9.10. The second-order valence-electron chi connectivity index (χ2n) is 6.61. The van der Waals surface area contributed by atoms with Crippen molar-refractivity contribution >= 4 is 33.2 Å². The maximum absolute atomic E-state index is 13.3. The van der Waals surface area contributed by atoms with E-state index in [9.17, 15) is 28.1 Å². The molecule has 1 aliphatic carbocycles. The van der Waals surface area contributed by atoms with Crippen molar-refractivity contribution in [1.82, 2.24) is 9.78 Å². The number of methoxy groups -OCH3 is 1. The molecule has 29 heavy (non-hydrogen) atoms. The first-order valence-electron chi connectivity index (χ1n) is 8.52. The number of carbonyl (C=O) groups is 1. The van der Waals surface area contributed by atoms with Crippen LogP contribution in [0.1, 0.15) is 43.1 Å². The Kier molecular flexibility index (Phi) is 5.57. The van der Waals surface area contributed by atoms with Gasteiger partial charge in [-0.25, -0.2) is 0 Å². The minimum atomic E-state index is -4.67. The number of nitro benzene ring substituents is 1. The number of nitrogens with zero attached hydrogens (tertiary/aromatic N) is 3. The van der Waals surface area contributed by atoms with E-state index in [1.54, 1.807) is 0 Å². The number of non-ortho nitro benzene ring substituents is 1. The number of hydrogen-bond donors (Lipinski definition) is 1. The highest BCUT2D eigenvalue weighted by Gasteiger charge is 2.43. The van der Waals surface area contributed by atoms with Crippen LogP contribution in [-0.2, 0) is 11.0 Å². The molecule has 0 bridgehead atoms. The third-order valence-corrected chi connectivity index (χ3v) is 5.25. The average molecular weight is 477 g/mol. The van der Waals surface area contributed by atoms with Gasteiger partial charge in [0.1, 0.15) is 11.8 Å². The molecule has 0 radical (unpaired) electrons. The predicted octanol–water partition coefficient (Wildman–Crippen LogP) is 4.66. The Bertz CT molecular complexity index is 972. The standard InChI is InChI=1S/C17H16BrF3N4O4/c1-8(16(26)22-10-5-11(25(27)28)7-12(6-10)29-2)24-14(9-3-4-9)13(18)15(23-24)17(19,20)21/h5-9H,3-4H2,1-2H3,(H,22,26). The number of benzene rings is 1. The van der Waals surface area contributed by atoms with E-state index in [4.69, 9.17) is 4.74 Å². The zero-order valence-corrected chi connectivity index (χ0v) is 16.9. The smallest absolute Gasteiger partial charge is 0.436 e. The molecule has 1 aliphatic rings. The summed E-state index contributed by atoms with van der Waals surface area (Å²) in [6, 6.07) is 2.61. The number of ether oxygens (including phenoxy) is 1. The lowest BCUT2D eigenvalue weighted by Gasteiger charge is -2.16. The summed E-state index contributed by atoms with van der Waals surface area (Å²) in [6.07, 6.45) is -3.26. The molecular weight excluding hydrogens is 461 g/mol. The van der Waals surface area contributed by atoms with Gasteiger partial charge in [-0.3, -0.25) is 19.6 Å². The SMILES string of the molecule is COc1cc(NC(=O)C(C)n2nc(C(F)(F)F)c(Br)c2C2CC2)cc([N+](=O)[O-])c1. The number of halogens is 4. The fourth-order valence-electron chi connectivity index (χ4n) is 2.86. The van der Waals surface area contributed by atoms with Crippen LogP contribution in [0.3, 0.4) is 0 Å². The van der Waals surface area contributed by atoms with E-state index >= 15 is 0 Å². The van der Waals surface area contributed by atoms with Crippen LogP contribution >= 0.6 is 15.9 Å². The van der Waals surface area contributed by atoms with Crippen LogP contribution in [0, 0.1) is 10.1 Å². The lowest BCUT2D eigenvalue weighted by molar-refractivity contribution is -0.384. The highest BCUT2D eigenvalue weighted by Crippen LogP contribution is 2.47. The van der Waals surface area contributed by atoms with Crippen LogP contribution in [0.5, 0.6) is 5.75 Å². The number of anilines is 1. The van der Waals surface area contributed by atoms with E-state index in [1.807, 2.05) is 0 Å². The first-order valence-corrected chi connectivity index (χ1v) is 9.31. The monoisotopic (exact) mass is 476 g/mol. The molecule has 0 aliphatic heterocycles. The third kappa shape index (κ3) is 4.36. The molecule has 1 saturated carbocycles. The zero-order valence-electron chi connectivity index (χ0n) is 15.3. The van der Waals surface area contributed by atoms with Crippen LogP contribution in [0.2, 0.25) is 0 Å². The first kappa shape index (κ1) is 21.1. The number of aromatic nitrogens is 2.